The minimum absolute atomic E-state index is 0.216. The number of hydrogen-bond acceptors (Lipinski definition) is 4. The summed E-state index contributed by atoms with van der Waals surface area (Å²) in [6.45, 7) is 6.02. The van der Waals surface area contributed by atoms with E-state index in [1.54, 1.807) is 0 Å². The van der Waals surface area contributed by atoms with E-state index >= 15 is 0 Å². The van der Waals surface area contributed by atoms with Crippen molar-refractivity contribution in [3.63, 3.8) is 0 Å². The van der Waals surface area contributed by atoms with Gasteiger partial charge in [0.05, 0.1) is 5.70 Å². The number of allylic oxidation sites excluding steroid dienone is 2. The highest BCUT2D eigenvalue weighted by Gasteiger charge is 2.30. The third kappa shape index (κ3) is 3.56. The molecule has 3 saturated heterocycles. The highest BCUT2D eigenvalue weighted by atomic mass is 35.5. The molecule has 0 bridgehead atoms. The van der Waals surface area contributed by atoms with Crippen molar-refractivity contribution in [3.8, 4) is 6.07 Å². The molecule has 0 spiro atoms. The minimum atomic E-state index is 0.216. The molecule has 0 unspecified atom stereocenters. The molecule has 3 rings (SSSR count). The Kier molecular flexibility index (Phi) is 5.61. The van der Waals surface area contributed by atoms with Crippen LogP contribution in [-0.4, -0.2) is 54.0 Å². The Bertz CT molecular complexity index is 513. The van der Waals surface area contributed by atoms with Crippen LogP contribution in [0.4, 0.5) is 0 Å². The molecular weight excluding hydrogens is 331 g/mol. The van der Waals surface area contributed by atoms with E-state index in [1.807, 2.05) is 0 Å². The quantitative estimate of drug-likeness (QED) is 0.569. The Hall–Kier alpha value is -1.05. The molecule has 6 heteroatoms. The van der Waals surface area contributed by atoms with Gasteiger partial charge in [-0.15, -0.1) is 0 Å². The Morgan fingerprint density at radius 2 is 1.09 bits per heavy atom. The Labute approximate surface area is 148 Å². The first-order chi connectivity index (χ1) is 11.2. The number of hydrogen-bond donors (Lipinski definition) is 0. The predicted molar refractivity (Wildman–Crippen MR) is 93.8 cm³/mol. The molecular formula is C17H24Cl2N4. The molecule has 0 aromatic carbocycles. The summed E-state index contributed by atoms with van der Waals surface area (Å²) in [4.78, 5) is 6.94. The van der Waals surface area contributed by atoms with Crippen molar-refractivity contribution in [2.24, 2.45) is 0 Å². The van der Waals surface area contributed by atoms with Gasteiger partial charge in [-0.2, -0.15) is 5.26 Å². The van der Waals surface area contributed by atoms with E-state index in [1.165, 1.54) is 25.7 Å². The number of nitriles is 1. The van der Waals surface area contributed by atoms with Gasteiger partial charge in [0.15, 0.2) is 0 Å². The van der Waals surface area contributed by atoms with E-state index < -0.39 is 0 Å². The van der Waals surface area contributed by atoms with Crippen molar-refractivity contribution in [1.29, 1.82) is 5.26 Å². The molecule has 23 heavy (non-hydrogen) atoms. The molecule has 0 atom stereocenters. The lowest BCUT2D eigenvalue weighted by molar-refractivity contribution is 0.265. The summed E-state index contributed by atoms with van der Waals surface area (Å²) >= 11 is 13.2. The summed E-state index contributed by atoms with van der Waals surface area (Å²) < 4.78 is 0. The summed E-state index contributed by atoms with van der Waals surface area (Å²) in [7, 11) is 0. The van der Waals surface area contributed by atoms with Gasteiger partial charge in [-0.25, -0.2) is 0 Å². The van der Waals surface area contributed by atoms with Crippen molar-refractivity contribution in [1.82, 2.24) is 14.7 Å². The number of likely N-dealkylation sites (tertiary alicyclic amines) is 3. The summed E-state index contributed by atoms with van der Waals surface area (Å²) in [6, 6.07) is 2.11. The smallest absolute Gasteiger partial charge is 0.143 e. The lowest BCUT2D eigenvalue weighted by atomic mass is 10.3. The highest BCUT2D eigenvalue weighted by molar-refractivity contribution is 6.36. The number of rotatable bonds is 4. The maximum absolute atomic E-state index is 9.35. The molecule has 0 amide bonds. The first-order valence-electron chi connectivity index (χ1n) is 8.67. The van der Waals surface area contributed by atoms with Gasteiger partial charge in [0.1, 0.15) is 22.0 Å². The van der Waals surface area contributed by atoms with Gasteiger partial charge in [0.25, 0.3) is 0 Å². The largest absolute Gasteiger partial charge is 0.368 e. The first-order valence-corrected chi connectivity index (χ1v) is 9.43. The molecule has 4 nitrogen and oxygen atoms in total. The average Bonchev–Trinajstić information content (AvgIpc) is 3.31. The molecule has 3 heterocycles. The SMILES string of the molecule is N#C/C(Cl)=C(\C(Cl)=C(N1CCCC1)N1CCCC1)N1CCCC1. The maximum atomic E-state index is 9.35. The summed E-state index contributed by atoms with van der Waals surface area (Å²) in [5, 5.41) is 10.2. The summed E-state index contributed by atoms with van der Waals surface area (Å²) in [5.41, 5.74) is 0.738. The zero-order chi connectivity index (χ0) is 16.2. The topological polar surface area (TPSA) is 33.5 Å². The molecule has 126 valence electrons. The van der Waals surface area contributed by atoms with Crippen LogP contribution in [-0.2, 0) is 0 Å². The zero-order valence-corrected chi connectivity index (χ0v) is 15.0. The van der Waals surface area contributed by atoms with E-state index in [9.17, 15) is 5.26 Å². The molecule has 3 aliphatic heterocycles. The molecule has 0 N–H and O–H groups in total. The number of nitrogens with zero attached hydrogens (tertiary/aromatic N) is 4. The van der Waals surface area contributed by atoms with Crippen LogP contribution in [0.1, 0.15) is 38.5 Å². The number of halogens is 2. The van der Waals surface area contributed by atoms with E-state index in [2.05, 4.69) is 20.8 Å². The second kappa shape index (κ2) is 7.68. The monoisotopic (exact) mass is 354 g/mol. The van der Waals surface area contributed by atoms with E-state index in [-0.39, 0.29) is 5.03 Å². The lowest BCUT2D eigenvalue weighted by Crippen LogP contribution is -2.34. The van der Waals surface area contributed by atoms with Crippen LogP contribution in [0, 0.1) is 11.3 Å². The van der Waals surface area contributed by atoms with Crippen LogP contribution >= 0.6 is 23.2 Å². The third-order valence-corrected chi connectivity index (χ3v) is 5.56. The van der Waals surface area contributed by atoms with Crippen molar-refractivity contribution >= 4 is 23.2 Å². The van der Waals surface area contributed by atoms with Crippen molar-refractivity contribution in [2.45, 2.75) is 38.5 Å². The summed E-state index contributed by atoms with van der Waals surface area (Å²) in [6.07, 6.45) is 7.08. The Morgan fingerprint density at radius 1 is 0.696 bits per heavy atom. The van der Waals surface area contributed by atoms with Gasteiger partial charge in [0.2, 0.25) is 0 Å². The van der Waals surface area contributed by atoms with Gasteiger partial charge in [0, 0.05) is 39.3 Å². The van der Waals surface area contributed by atoms with Gasteiger partial charge in [-0.1, -0.05) is 23.2 Å². The maximum Gasteiger partial charge on any atom is 0.143 e. The van der Waals surface area contributed by atoms with Gasteiger partial charge >= 0.3 is 0 Å². The molecule has 0 aromatic rings. The standard InChI is InChI=1S/C17H24Cl2N4/c18-14(13-20)16(21-7-1-2-8-21)15(19)17(22-9-3-4-10-22)23-11-5-6-12-23/h1-12H2/b16-14-. The van der Waals surface area contributed by atoms with E-state index in [4.69, 9.17) is 23.2 Å². The second-order valence-corrected chi connectivity index (χ2v) is 7.25. The van der Waals surface area contributed by atoms with E-state index in [0.717, 1.165) is 63.6 Å². The molecule has 0 saturated carbocycles. The molecule has 3 fully saturated rings. The van der Waals surface area contributed by atoms with Gasteiger partial charge in [-0.3, -0.25) is 0 Å². The molecule has 3 aliphatic rings. The van der Waals surface area contributed by atoms with Crippen molar-refractivity contribution in [2.75, 3.05) is 39.3 Å². The second-order valence-electron chi connectivity index (χ2n) is 6.49. The van der Waals surface area contributed by atoms with Gasteiger partial charge in [-0.05, 0) is 38.5 Å². The van der Waals surface area contributed by atoms with E-state index in [0.29, 0.717) is 5.03 Å². The Balaban J connectivity index is 2.02. The normalized spacial score (nSPS) is 22.4. The van der Waals surface area contributed by atoms with Crippen LogP contribution in [0.5, 0.6) is 0 Å². The fraction of sp³-hybridized carbons (Fsp3) is 0.706. The Morgan fingerprint density at radius 3 is 1.48 bits per heavy atom. The fourth-order valence-electron chi connectivity index (χ4n) is 3.81. The average molecular weight is 355 g/mol. The van der Waals surface area contributed by atoms with Crippen molar-refractivity contribution in [3.05, 3.63) is 21.6 Å². The highest BCUT2D eigenvalue weighted by Crippen LogP contribution is 2.35. The van der Waals surface area contributed by atoms with Crippen LogP contribution in [0.15, 0.2) is 21.6 Å². The lowest BCUT2D eigenvalue weighted by Gasteiger charge is -2.33. The van der Waals surface area contributed by atoms with Crippen LogP contribution in [0.2, 0.25) is 0 Å². The molecule has 0 radical (unpaired) electrons. The fourth-order valence-corrected chi connectivity index (χ4v) is 4.52. The third-order valence-electron chi connectivity index (χ3n) is 4.94. The van der Waals surface area contributed by atoms with Crippen LogP contribution in [0.25, 0.3) is 0 Å². The molecule has 0 aromatic heterocycles. The van der Waals surface area contributed by atoms with Crippen LogP contribution < -0.4 is 0 Å². The van der Waals surface area contributed by atoms with Gasteiger partial charge < -0.3 is 14.7 Å². The van der Waals surface area contributed by atoms with Crippen LogP contribution in [0.3, 0.4) is 0 Å². The zero-order valence-electron chi connectivity index (χ0n) is 13.5. The summed E-state index contributed by atoms with van der Waals surface area (Å²) in [5.74, 6) is 1.09. The minimum Gasteiger partial charge on any atom is -0.368 e. The first kappa shape index (κ1) is 16.8. The molecule has 0 aliphatic carbocycles. The van der Waals surface area contributed by atoms with Crippen molar-refractivity contribution < 1.29 is 0 Å². The predicted octanol–water partition coefficient (Wildman–Crippen LogP) is 3.66.